The summed E-state index contributed by atoms with van der Waals surface area (Å²) in [6.07, 6.45) is 0. The van der Waals surface area contributed by atoms with E-state index in [-0.39, 0.29) is 87.7 Å². The fourth-order valence-corrected chi connectivity index (χ4v) is 6.31. The second kappa shape index (κ2) is 11.8. The first-order valence-corrected chi connectivity index (χ1v) is 13.6. The molecule has 3 aromatic carbocycles. The predicted molar refractivity (Wildman–Crippen MR) is 139 cm³/mol. The molecule has 0 aromatic heterocycles. The molecule has 0 fully saturated rings. The topological polar surface area (TPSA) is 135 Å². The summed E-state index contributed by atoms with van der Waals surface area (Å²) < 4.78 is 69.5. The molecule has 182 valence electrons. The Labute approximate surface area is 262 Å². The van der Waals surface area contributed by atoms with E-state index >= 15 is 0 Å². The van der Waals surface area contributed by atoms with E-state index in [1.807, 2.05) is 0 Å². The number of nitrogens with two attached hydrogens (primary N) is 1. The molecule has 0 aliphatic carbocycles. The number of carbonyl (C=O) groups is 1. The number of sulfonamides is 2. The molecule has 3 aromatic rings. The zero-order valence-electron chi connectivity index (χ0n) is 17.1. The van der Waals surface area contributed by atoms with E-state index in [9.17, 15) is 26.0 Å². The molecule has 3 rings (SSSR count). The molecule has 0 heterocycles. The van der Waals surface area contributed by atoms with Crippen LogP contribution in [-0.4, -0.2) is 74.1 Å². The molecule has 0 saturated heterocycles. The van der Waals surface area contributed by atoms with E-state index in [0.717, 1.165) is 36.4 Å². The summed E-state index contributed by atoms with van der Waals surface area (Å²) in [7, 11) is -8.56. The Hall–Kier alpha value is -0.744. The molecule has 1 amide bonds. The van der Waals surface area contributed by atoms with Crippen LogP contribution in [0.25, 0.3) is 0 Å². The third-order valence-corrected chi connectivity index (χ3v) is 8.27. The average Bonchev–Trinajstić information content (AvgIpc) is 2.70. The Bertz CT molecular complexity index is 1520. The Balaban J connectivity index is 0.00000432. The van der Waals surface area contributed by atoms with Gasteiger partial charge in [-0.2, -0.15) is 0 Å². The minimum absolute atomic E-state index is 0. The molecule has 0 radical (unpaired) electrons. The van der Waals surface area contributed by atoms with Crippen LogP contribution < -0.4 is 15.2 Å². The second-order valence-electron chi connectivity index (χ2n) is 6.97. The fraction of sp³-hybridized carbons (Fsp3) is 0.0500. The molecule has 0 saturated carbocycles. The first-order chi connectivity index (χ1) is 15.7. The van der Waals surface area contributed by atoms with Crippen LogP contribution in [0.3, 0.4) is 0 Å². The zero-order valence-corrected chi connectivity index (χ0v) is 21.8. The molecule has 0 aliphatic rings. The van der Waals surface area contributed by atoms with Gasteiger partial charge in [-0.15, -0.1) is 0 Å². The van der Waals surface area contributed by atoms with Gasteiger partial charge in [-0.3, -0.25) is 14.2 Å². The number of hydrogen-bond donors (Lipinski definition) is 3. The number of aryl methyl sites for hydroxylation is 1. The van der Waals surface area contributed by atoms with Crippen LogP contribution in [0.2, 0.25) is 10.0 Å². The van der Waals surface area contributed by atoms with Gasteiger partial charge in [-0.25, -0.2) is 21.2 Å². The van der Waals surface area contributed by atoms with Crippen molar-refractivity contribution >= 4 is 128 Å². The number of halogens is 4. The van der Waals surface area contributed by atoms with E-state index in [0.29, 0.717) is 0 Å². The van der Waals surface area contributed by atoms with Crippen molar-refractivity contribution in [1.82, 2.24) is 0 Å². The van der Waals surface area contributed by atoms with Gasteiger partial charge < -0.3 is 5.73 Å². The van der Waals surface area contributed by atoms with Crippen molar-refractivity contribution < 1.29 is 26.0 Å². The van der Waals surface area contributed by atoms with Gasteiger partial charge in [0.05, 0.1) is 20.6 Å². The van der Waals surface area contributed by atoms with Gasteiger partial charge >= 0.3 is 51.4 Å². The molecule has 0 bridgehead atoms. The third-order valence-electron chi connectivity index (χ3n) is 4.44. The summed E-state index contributed by atoms with van der Waals surface area (Å²) in [6.45, 7) is 1.49. The van der Waals surface area contributed by atoms with Gasteiger partial charge in [-0.05, 0) is 76.9 Å². The molecule has 8 nitrogen and oxygen atoms in total. The van der Waals surface area contributed by atoms with Gasteiger partial charge in [-0.1, -0.05) is 23.2 Å². The number of hydrogen-bond acceptors (Lipinski definition) is 5. The molecular weight excluding hydrogens is 635 g/mol. The van der Waals surface area contributed by atoms with Crippen LogP contribution in [0.5, 0.6) is 0 Å². The van der Waals surface area contributed by atoms with Crippen LogP contribution in [0.1, 0.15) is 15.9 Å². The van der Waals surface area contributed by atoms with E-state index in [1.165, 1.54) is 19.1 Å². The number of benzene rings is 3. The second-order valence-corrected chi connectivity index (χ2v) is 12.0. The average molecular weight is 651 g/mol. The fourth-order valence-electron chi connectivity index (χ4n) is 2.87. The van der Waals surface area contributed by atoms with Crippen molar-refractivity contribution in [3.05, 3.63) is 80.0 Å². The van der Waals surface area contributed by atoms with E-state index in [1.54, 1.807) is 0 Å². The van der Waals surface area contributed by atoms with Crippen molar-refractivity contribution in [2.45, 2.75) is 16.7 Å². The summed E-state index contributed by atoms with van der Waals surface area (Å²) in [4.78, 5) is 11.3. The Morgan fingerprint density at radius 1 is 0.943 bits per heavy atom. The predicted octanol–water partition coefficient (Wildman–Crippen LogP) is 4.26. The van der Waals surface area contributed by atoms with Crippen LogP contribution >= 0.6 is 39.1 Å². The maximum absolute atomic E-state index is 13.7. The van der Waals surface area contributed by atoms with Gasteiger partial charge in [0.15, 0.2) is 0 Å². The van der Waals surface area contributed by atoms with E-state index in [2.05, 4.69) is 25.4 Å². The van der Waals surface area contributed by atoms with Crippen molar-refractivity contribution in [1.29, 1.82) is 0 Å². The summed E-state index contributed by atoms with van der Waals surface area (Å²) in [5.74, 6) is -1.71. The summed E-state index contributed by atoms with van der Waals surface area (Å²) >= 11 is 14.7. The summed E-state index contributed by atoms with van der Waals surface area (Å²) in [5.41, 5.74) is 5.10. The minimum atomic E-state index is -4.37. The quantitative estimate of drug-likeness (QED) is 0.329. The number of rotatable bonds is 7. The first kappa shape index (κ1) is 30.5. The maximum atomic E-state index is 13.7. The Morgan fingerprint density at radius 2 is 1.54 bits per heavy atom. The van der Waals surface area contributed by atoms with E-state index < -0.39 is 42.2 Å². The molecule has 4 N–H and O–H groups in total. The number of primary amides is 1. The molecule has 0 aliphatic heterocycles. The number of amides is 1. The Morgan fingerprint density at radius 3 is 2.11 bits per heavy atom. The van der Waals surface area contributed by atoms with Gasteiger partial charge in [0, 0.05) is 15.7 Å². The van der Waals surface area contributed by atoms with Crippen LogP contribution in [0.4, 0.5) is 15.8 Å². The summed E-state index contributed by atoms with van der Waals surface area (Å²) in [6, 6.07) is 9.15. The molecule has 35 heavy (non-hydrogen) atoms. The molecular formula is C20H16BrCl2FKN3O5S2. The van der Waals surface area contributed by atoms with Gasteiger partial charge in [0.1, 0.15) is 10.7 Å². The van der Waals surface area contributed by atoms with Gasteiger partial charge in [0.2, 0.25) is 5.91 Å². The Kier molecular flexibility index (Phi) is 10.2. The van der Waals surface area contributed by atoms with Crippen molar-refractivity contribution in [2.75, 3.05) is 9.44 Å². The molecule has 15 heteroatoms. The molecule has 0 unspecified atom stereocenters. The van der Waals surface area contributed by atoms with Crippen LogP contribution in [-0.2, 0) is 20.0 Å². The van der Waals surface area contributed by atoms with Crippen molar-refractivity contribution in [3.8, 4) is 0 Å². The van der Waals surface area contributed by atoms with Crippen molar-refractivity contribution in [2.24, 2.45) is 5.73 Å². The third kappa shape index (κ3) is 7.40. The standard InChI is InChI=1S/C20H15BrCl2FN3O5S2.K.H/c1-10-4-17(24)16(21)9-18(10)27-34(31,32)19-3-2-13(8-15(19)20(25)28)26-33(29,30)14-6-11(22)5-12(23)7-14;;/h2-9,26-27H,1H3,(H2,25,28);;. The number of nitrogens with one attached hydrogen (secondary N) is 2. The van der Waals surface area contributed by atoms with Crippen LogP contribution in [0, 0.1) is 12.7 Å². The van der Waals surface area contributed by atoms with Crippen LogP contribution in [0.15, 0.2) is 62.8 Å². The monoisotopic (exact) mass is 649 g/mol. The molecule has 0 spiro atoms. The normalized spacial score (nSPS) is 11.5. The van der Waals surface area contributed by atoms with E-state index in [4.69, 9.17) is 28.9 Å². The number of anilines is 2. The first-order valence-electron chi connectivity index (χ1n) is 9.11. The number of carbonyl (C=O) groups excluding carboxylic acids is 1. The molecule has 0 atom stereocenters. The van der Waals surface area contributed by atoms with Gasteiger partial charge in [0.25, 0.3) is 20.0 Å². The van der Waals surface area contributed by atoms with Crippen molar-refractivity contribution in [3.63, 3.8) is 0 Å². The zero-order chi connectivity index (χ0) is 25.4. The SMILES string of the molecule is Cc1cc(F)c(Br)cc1NS(=O)(=O)c1ccc(NS(=O)(=O)c2cc(Cl)cc(Cl)c2)cc1C(N)=O.[KH]. The summed E-state index contributed by atoms with van der Waals surface area (Å²) in [5, 5.41) is 0.168.